The van der Waals surface area contributed by atoms with Crippen LogP contribution >= 0.6 is 0 Å². The number of rotatable bonds is 5. The highest BCUT2D eigenvalue weighted by atomic mass is 14.9. The fourth-order valence-corrected chi connectivity index (χ4v) is 1.68. The molecule has 16 heavy (non-hydrogen) atoms. The zero-order chi connectivity index (χ0) is 11.2. The van der Waals surface area contributed by atoms with Gasteiger partial charge in [-0.3, -0.25) is 4.98 Å². The molecule has 1 heterocycles. The summed E-state index contributed by atoms with van der Waals surface area (Å²) in [6, 6.07) is 10.3. The van der Waals surface area contributed by atoms with Crippen LogP contribution in [0.2, 0.25) is 0 Å². The van der Waals surface area contributed by atoms with Crippen LogP contribution in [0.4, 0.5) is 5.69 Å². The fourth-order valence-electron chi connectivity index (χ4n) is 1.68. The Morgan fingerprint density at radius 1 is 1.19 bits per heavy atom. The molecule has 0 spiro atoms. The molecule has 0 aliphatic rings. The molecule has 0 fully saturated rings. The second kappa shape index (κ2) is 5.47. The quantitative estimate of drug-likeness (QED) is 0.753. The molecule has 0 amide bonds. The lowest BCUT2D eigenvalue weighted by atomic mass is 10.2. The van der Waals surface area contributed by atoms with Crippen molar-refractivity contribution >= 4 is 16.6 Å². The molecular weight excluding hydrogens is 198 g/mol. The van der Waals surface area contributed by atoms with Crippen molar-refractivity contribution in [3.05, 3.63) is 36.5 Å². The van der Waals surface area contributed by atoms with Gasteiger partial charge >= 0.3 is 0 Å². The Labute approximate surface area is 95.7 Å². The topological polar surface area (TPSA) is 50.9 Å². The molecule has 0 bridgehead atoms. The molecule has 1 aromatic carbocycles. The van der Waals surface area contributed by atoms with Crippen molar-refractivity contribution < 1.29 is 0 Å². The van der Waals surface area contributed by atoms with Crippen molar-refractivity contribution in [2.24, 2.45) is 5.73 Å². The zero-order valence-electron chi connectivity index (χ0n) is 9.32. The number of hydrogen-bond donors (Lipinski definition) is 2. The minimum Gasteiger partial charge on any atom is -0.385 e. The monoisotopic (exact) mass is 215 g/mol. The summed E-state index contributed by atoms with van der Waals surface area (Å²) in [4.78, 5) is 4.33. The lowest BCUT2D eigenvalue weighted by Gasteiger charge is -2.06. The maximum absolute atomic E-state index is 5.44. The Morgan fingerprint density at radius 2 is 2.12 bits per heavy atom. The van der Waals surface area contributed by atoms with Gasteiger partial charge in [-0.15, -0.1) is 0 Å². The van der Waals surface area contributed by atoms with Crippen LogP contribution in [0, 0.1) is 0 Å². The van der Waals surface area contributed by atoms with Crippen LogP contribution in [0.3, 0.4) is 0 Å². The van der Waals surface area contributed by atoms with E-state index in [1.54, 1.807) is 0 Å². The summed E-state index contributed by atoms with van der Waals surface area (Å²) >= 11 is 0. The van der Waals surface area contributed by atoms with Crippen molar-refractivity contribution in [3.63, 3.8) is 0 Å². The highest BCUT2D eigenvalue weighted by Gasteiger charge is 1.96. The van der Waals surface area contributed by atoms with Gasteiger partial charge in [0.25, 0.3) is 0 Å². The SMILES string of the molecule is NCCCCNc1ccc2cccnc2c1. The Bertz CT molecular complexity index is 454. The average molecular weight is 215 g/mol. The number of hydrogen-bond acceptors (Lipinski definition) is 3. The van der Waals surface area contributed by atoms with E-state index in [0.717, 1.165) is 37.1 Å². The standard InChI is InChI=1S/C13H17N3/c14-7-1-2-8-15-12-6-5-11-4-3-9-16-13(11)10-12/h3-6,9-10,15H,1-2,7-8,14H2. The van der Waals surface area contributed by atoms with Crippen LogP contribution in [-0.4, -0.2) is 18.1 Å². The van der Waals surface area contributed by atoms with Crippen molar-refractivity contribution in [2.75, 3.05) is 18.4 Å². The number of nitrogens with two attached hydrogens (primary N) is 1. The average Bonchev–Trinajstić information content (AvgIpc) is 2.34. The van der Waals surface area contributed by atoms with Crippen LogP contribution in [-0.2, 0) is 0 Å². The summed E-state index contributed by atoms with van der Waals surface area (Å²) in [6.45, 7) is 1.73. The predicted octanol–water partition coefficient (Wildman–Crippen LogP) is 2.39. The van der Waals surface area contributed by atoms with Gasteiger partial charge in [0.15, 0.2) is 0 Å². The summed E-state index contributed by atoms with van der Waals surface area (Å²) in [5.74, 6) is 0. The number of anilines is 1. The number of nitrogens with one attached hydrogen (secondary N) is 1. The van der Waals surface area contributed by atoms with Crippen LogP contribution in [0.25, 0.3) is 10.9 Å². The molecule has 0 saturated heterocycles. The fraction of sp³-hybridized carbons (Fsp3) is 0.308. The molecule has 0 aliphatic carbocycles. The van der Waals surface area contributed by atoms with Crippen LogP contribution in [0.5, 0.6) is 0 Å². The maximum Gasteiger partial charge on any atom is 0.0722 e. The van der Waals surface area contributed by atoms with Crippen molar-refractivity contribution in [2.45, 2.75) is 12.8 Å². The van der Waals surface area contributed by atoms with Crippen LogP contribution in [0.15, 0.2) is 36.5 Å². The number of aromatic nitrogens is 1. The molecule has 3 heteroatoms. The van der Waals surface area contributed by atoms with Gasteiger partial charge in [0, 0.05) is 23.8 Å². The van der Waals surface area contributed by atoms with E-state index in [1.165, 1.54) is 5.39 Å². The highest BCUT2D eigenvalue weighted by molar-refractivity contribution is 5.81. The van der Waals surface area contributed by atoms with Gasteiger partial charge in [-0.2, -0.15) is 0 Å². The molecule has 0 saturated carbocycles. The second-order valence-corrected chi connectivity index (χ2v) is 3.83. The van der Waals surface area contributed by atoms with Gasteiger partial charge in [-0.1, -0.05) is 12.1 Å². The van der Waals surface area contributed by atoms with E-state index in [0.29, 0.717) is 0 Å². The number of fused-ring (bicyclic) bond motifs is 1. The Balaban J connectivity index is 2.02. The largest absolute Gasteiger partial charge is 0.385 e. The lowest BCUT2D eigenvalue weighted by Crippen LogP contribution is -2.05. The molecule has 2 aromatic rings. The Hall–Kier alpha value is -1.61. The van der Waals surface area contributed by atoms with Gasteiger partial charge in [-0.25, -0.2) is 0 Å². The van der Waals surface area contributed by atoms with Crippen LogP contribution < -0.4 is 11.1 Å². The van der Waals surface area contributed by atoms with E-state index in [4.69, 9.17) is 5.73 Å². The summed E-state index contributed by atoms with van der Waals surface area (Å²) < 4.78 is 0. The van der Waals surface area contributed by atoms with E-state index >= 15 is 0 Å². The van der Waals surface area contributed by atoms with Gasteiger partial charge in [0.05, 0.1) is 5.52 Å². The Morgan fingerprint density at radius 3 is 3.00 bits per heavy atom. The molecule has 0 radical (unpaired) electrons. The van der Waals surface area contributed by atoms with E-state index in [-0.39, 0.29) is 0 Å². The number of unbranched alkanes of at least 4 members (excludes halogenated alkanes) is 1. The van der Waals surface area contributed by atoms with E-state index < -0.39 is 0 Å². The molecule has 0 atom stereocenters. The highest BCUT2D eigenvalue weighted by Crippen LogP contribution is 2.16. The molecule has 3 nitrogen and oxygen atoms in total. The second-order valence-electron chi connectivity index (χ2n) is 3.83. The van der Waals surface area contributed by atoms with Crippen molar-refractivity contribution in [3.8, 4) is 0 Å². The summed E-state index contributed by atoms with van der Waals surface area (Å²) in [7, 11) is 0. The van der Waals surface area contributed by atoms with E-state index in [2.05, 4.69) is 34.6 Å². The third-order valence-electron chi connectivity index (χ3n) is 2.57. The van der Waals surface area contributed by atoms with Gasteiger partial charge in [0.1, 0.15) is 0 Å². The first-order valence-corrected chi connectivity index (χ1v) is 5.69. The maximum atomic E-state index is 5.44. The van der Waals surface area contributed by atoms with Crippen molar-refractivity contribution in [1.29, 1.82) is 0 Å². The molecule has 0 aliphatic heterocycles. The normalized spacial score (nSPS) is 10.6. The lowest BCUT2D eigenvalue weighted by molar-refractivity contribution is 0.774. The number of pyridine rings is 1. The Kier molecular flexibility index (Phi) is 3.72. The summed E-state index contributed by atoms with van der Waals surface area (Å²) in [5.41, 5.74) is 7.61. The molecule has 84 valence electrons. The van der Waals surface area contributed by atoms with E-state index in [9.17, 15) is 0 Å². The molecule has 3 N–H and O–H groups in total. The van der Waals surface area contributed by atoms with Gasteiger partial charge in [0.2, 0.25) is 0 Å². The first-order chi connectivity index (χ1) is 7.90. The third kappa shape index (κ3) is 2.70. The molecular formula is C13H17N3. The first kappa shape index (κ1) is 10.9. The molecule has 1 aromatic heterocycles. The van der Waals surface area contributed by atoms with Crippen LogP contribution in [0.1, 0.15) is 12.8 Å². The van der Waals surface area contributed by atoms with Gasteiger partial charge < -0.3 is 11.1 Å². The summed E-state index contributed by atoms with van der Waals surface area (Å²) in [5, 5.41) is 4.55. The van der Waals surface area contributed by atoms with E-state index in [1.807, 2.05) is 12.3 Å². The first-order valence-electron chi connectivity index (χ1n) is 5.69. The minimum absolute atomic E-state index is 0.765. The molecule has 0 unspecified atom stereocenters. The summed E-state index contributed by atoms with van der Waals surface area (Å²) in [6.07, 6.45) is 4.00. The van der Waals surface area contributed by atoms with Crippen molar-refractivity contribution in [1.82, 2.24) is 4.98 Å². The predicted molar refractivity (Wildman–Crippen MR) is 68.5 cm³/mol. The minimum atomic E-state index is 0.765. The zero-order valence-corrected chi connectivity index (χ0v) is 9.32. The number of nitrogens with zero attached hydrogens (tertiary/aromatic N) is 1. The smallest absolute Gasteiger partial charge is 0.0722 e. The molecule has 2 rings (SSSR count). The van der Waals surface area contributed by atoms with Gasteiger partial charge in [-0.05, 0) is 37.6 Å². The number of benzene rings is 1. The third-order valence-corrected chi connectivity index (χ3v) is 2.57.